The normalized spacial score (nSPS) is 17.4. The zero-order chi connectivity index (χ0) is 20.1. The van der Waals surface area contributed by atoms with Crippen molar-refractivity contribution >= 4 is 27.7 Å². The predicted octanol–water partition coefficient (Wildman–Crippen LogP) is 0.478. The monoisotopic (exact) mass is 402 g/mol. The number of nitrogens with two attached hydrogens (primary N) is 1. The minimum Gasteiger partial charge on any atom is -0.384 e. The lowest BCUT2D eigenvalue weighted by Gasteiger charge is -2.27. The molecule has 28 heavy (non-hydrogen) atoms. The Labute approximate surface area is 160 Å². The van der Waals surface area contributed by atoms with Crippen LogP contribution in [0.15, 0.2) is 40.0 Å². The maximum Gasteiger partial charge on any atom is 0.262 e. The van der Waals surface area contributed by atoms with E-state index in [9.17, 15) is 22.8 Å². The third-order valence-electron chi connectivity index (χ3n) is 4.99. The van der Waals surface area contributed by atoms with Gasteiger partial charge in [-0.25, -0.2) is 8.42 Å². The van der Waals surface area contributed by atoms with Crippen LogP contribution in [0.25, 0.3) is 5.69 Å². The first kappa shape index (κ1) is 18.4. The lowest BCUT2D eigenvalue weighted by atomic mass is 10.1. The standard InChI is InChI=1S/C18H18N4O5S/c19-16-15-11(17(24)20-18(15)25)10-14(23)22(16)12-6-2-3-7-13(12)28(26,27)21-8-4-1-5-9-21/h2-3,6-7,10H,1,4-5,8-9,19H2,(H,20,24,25). The molecule has 10 heteroatoms. The first-order valence-electron chi connectivity index (χ1n) is 8.83. The molecule has 0 aliphatic carbocycles. The molecule has 1 saturated heterocycles. The van der Waals surface area contributed by atoms with E-state index in [1.807, 2.05) is 0 Å². The van der Waals surface area contributed by atoms with E-state index in [0.29, 0.717) is 13.1 Å². The number of nitrogen functional groups attached to an aromatic ring is 1. The average Bonchev–Trinajstić information content (AvgIpc) is 2.96. The molecule has 3 heterocycles. The highest BCUT2D eigenvalue weighted by Gasteiger charge is 2.34. The quantitative estimate of drug-likeness (QED) is 0.718. The highest BCUT2D eigenvalue weighted by atomic mass is 32.2. The number of para-hydroxylation sites is 1. The van der Waals surface area contributed by atoms with Crippen molar-refractivity contribution in [1.29, 1.82) is 0 Å². The van der Waals surface area contributed by atoms with Crippen LogP contribution in [-0.2, 0) is 10.0 Å². The second-order valence-corrected chi connectivity index (χ2v) is 8.61. The summed E-state index contributed by atoms with van der Waals surface area (Å²) < 4.78 is 28.7. The number of pyridine rings is 1. The van der Waals surface area contributed by atoms with E-state index in [1.165, 1.54) is 16.4 Å². The van der Waals surface area contributed by atoms with Crippen molar-refractivity contribution in [3.63, 3.8) is 0 Å². The predicted molar refractivity (Wildman–Crippen MR) is 101 cm³/mol. The number of hydrogen-bond acceptors (Lipinski definition) is 6. The maximum atomic E-state index is 13.2. The average molecular weight is 402 g/mol. The number of aromatic nitrogens is 1. The molecule has 2 amide bonds. The van der Waals surface area contributed by atoms with Gasteiger partial charge in [0.25, 0.3) is 17.4 Å². The maximum absolute atomic E-state index is 13.2. The molecule has 4 rings (SSSR count). The van der Waals surface area contributed by atoms with Crippen molar-refractivity contribution in [3.8, 4) is 5.69 Å². The fourth-order valence-electron chi connectivity index (χ4n) is 3.63. The summed E-state index contributed by atoms with van der Waals surface area (Å²) in [5.41, 5.74) is 5.17. The smallest absolute Gasteiger partial charge is 0.262 e. The van der Waals surface area contributed by atoms with Crippen molar-refractivity contribution in [2.75, 3.05) is 18.8 Å². The number of rotatable bonds is 3. The molecule has 0 unspecified atom stereocenters. The minimum atomic E-state index is -3.86. The Kier molecular flexibility index (Phi) is 4.31. The van der Waals surface area contributed by atoms with Crippen LogP contribution in [0.5, 0.6) is 0 Å². The highest BCUT2D eigenvalue weighted by molar-refractivity contribution is 7.89. The van der Waals surface area contributed by atoms with Crippen molar-refractivity contribution < 1.29 is 18.0 Å². The number of fused-ring (bicyclic) bond motifs is 1. The van der Waals surface area contributed by atoms with Gasteiger partial charge in [-0.3, -0.25) is 24.3 Å². The zero-order valence-corrected chi connectivity index (χ0v) is 15.7. The van der Waals surface area contributed by atoms with Crippen LogP contribution >= 0.6 is 0 Å². The molecule has 0 spiro atoms. The molecule has 0 bridgehead atoms. The molecule has 1 fully saturated rings. The molecule has 2 aliphatic rings. The fourth-order valence-corrected chi connectivity index (χ4v) is 5.32. The van der Waals surface area contributed by atoms with Gasteiger partial charge in [-0.2, -0.15) is 4.31 Å². The van der Waals surface area contributed by atoms with Gasteiger partial charge in [-0.1, -0.05) is 18.6 Å². The number of sulfonamides is 1. The third kappa shape index (κ3) is 2.72. The first-order valence-corrected chi connectivity index (χ1v) is 10.3. The van der Waals surface area contributed by atoms with Crippen LogP contribution in [-0.4, -0.2) is 42.2 Å². The molecule has 9 nitrogen and oxygen atoms in total. The number of carbonyl (C=O) groups excluding carboxylic acids is 2. The summed E-state index contributed by atoms with van der Waals surface area (Å²) in [6.45, 7) is 0.810. The Morgan fingerprint density at radius 2 is 1.64 bits per heavy atom. The number of amides is 2. The van der Waals surface area contributed by atoms with E-state index >= 15 is 0 Å². The van der Waals surface area contributed by atoms with Gasteiger partial charge in [0.1, 0.15) is 10.7 Å². The van der Waals surface area contributed by atoms with Gasteiger partial charge in [0.05, 0.1) is 16.8 Å². The second kappa shape index (κ2) is 6.57. The van der Waals surface area contributed by atoms with E-state index in [2.05, 4.69) is 5.32 Å². The number of hydrogen-bond donors (Lipinski definition) is 2. The van der Waals surface area contributed by atoms with Crippen LogP contribution in [0, 0.1) is 0 Å². The molecule has 2 aromatic rings. The zero-order valence-electron chi connectivity index (χ0n) is 14.8. The van der Waals surface area contributed by atoms with Gasteiger partial charge in [-0.05, 0) is 25.0 Å². The Morgan fingerprint density at radius 3 is 2.36 bits per heavy atom. The van der Waals surface area contributed by atoms with E-state index in [-0.39, 0.29) is 27.5 Å². The molecule has 0 atom stereocenters. The summed E-state index contributed by atoms with van der Waals surface area (Å²) in [5.74, 6) is -1.69. The lowest BCUT2D eigenvalue weighted by molar-refractivity contribution is 0.0880. The van der Waals surface area contributed by atoms with Gasteiger partial charge in [-0.15, -0.1) is 0 Å². The highest BCUT2D eigenvalue weighted by Crippen LogP contribution is 2.29. The molecule has 0 saturated carbocycles. The summed E-state index contributed by atoms with van der Waals surface area (Å²) in [7, 11) is -3.86. The molecule has 2 aliphatic heterocycles. The Bertz CT molecular complexity index is 1160. The Balaban J connectivity index is 1.94. The van der Waals surface area contributed by atoms with Crippen LogP contribution < -0.4 is 16.6 Å². The van der Waals surface area contributed by atoms with Crippen molar-refractivity contribution in [2.45, 2.75) is 24.2 Å². The summed E-state index contributed by atoms with van der Waals surface area (Å²) in [6, 6.07) is 7.00. The summed E-state index contributed by atoms with van der Waals surface area (Å²) >= 11 is 0. The third-order valence-corrected chi connectivity index (χ3v) is 6.94. The number of nitrogens with zero attached hydrogens (tertiary/aromatic N) is 2. The van der Waals surface area contributed by atoms with Crippen molar-refractivity contribution in [2.24, 2.45) is 0 Å². The number of anilines is 1. The van der Waals surface area contributed by atoms with E-state index in [1.54, 1.807) is 12.1 Å². The molecule has 3 N–H and O–H groups in total. The summed E-state index contributed by atoms with van der Waals surface area (Å²) in [4.78, 5) is 36.5. The van der Waals surface area contributed by atoms with Crippen LogP contribution in [0.1, 0.15) is 40.0 Å². The molecular weight excluding hydrogens is 384 g/mol. The van der Waals surface area contributed by atoms with E-state index < -0.39 is 27.4 Å². The van der Waals surface area contributed by atoms with E-state index in [0.717, 1.165) is 29.9 Å². The van der Waals surface area contributed by atoms with Gasteiger partial charge in [0.2, 0.25) is 10.0 Å². The number of carbonyl (C=O) groups is 2. The van der Waals surface area contributed by atoms with Gasteiger partial charge in [0, 0.05) is 19.2 Å². The van der Waals surface area contributed by atoms with Crippen LogP contribution in [0.2, 0.25) is 0 Å². The SMILES string of the molecule is Nc1c2c(cc(=O)n1-c1ccccc1S(=O)(=O)N1CCCCC1)C(=O)NC2=O. The second-order valence-electron chi connectivity index (χ2n) is 6.71. The van der Waals surface area contributed by atoms with Crippen molar-refractivity contribution in [3.05, 3.63) is 51.8 Å². The van der Waals surface area contributed by atoms with Gasteiger partial charge >= 0.3 is 0 Å². The largest absolute Gasteiger partial charge is 0.384 e. The summed E-state index contributed by atoms with van der Waals surface area (Å²) in [5, 5.41) is 2.09. The van der Waals surface area contributed by atoms with Gasteiger partial charge in [0.15, 0.2) is 0 Å². The molecule has 0 radical (unpaired) electrons. The number of benzene rings is 1. The Morgan fingerprint density at radius 1 is 0.964 bits per heavy atom. The number of imide groups is 1. The Hall–Kier alpha value is -2.98. The molecular formula is C18H18N4O5S. The van der Waals surface area contributed by atoms with Crippen LogP contribution in [0.3, 0.4) is 0 Å². The first-order chi connectivity index (χ1) is 13.3. The topological polar surface area (TPSA) is 132 Å². The fraction of sp³-hybridized carbons (Fsp3) is 0.278. The number of piperidine rings is 1. The molecule has 1 aromatic heterocycles. The van der Waals surface area contributed by atoms with E-state index in [4.69, 9.17) is 5.73 Å². The summed E-state index contributed by atoms with van der Waals surface area (Å²) in [6.07, 6.45) is 2.50. The van der Waals surface area contributed by atoms with Gasteiger partial charge < -0.3 is 5.73 Å². The lowest BCUT2D eigenvalue weighted by Crippen LogP contribution is -2.36. The molecule has 146 valence electrons. The van der Waals surface area contributed by atoms with Crippen LogP contribution in [0.4, 0.5) is 5.82 Å². The molecule has 1 aromatic carbocycles. The number of nitrogens with one attached hydrogen (secondary N) is 1. The minimum absolute atomic E-state index is 0.0468. The van der Waals surface area contributed by atoms with Crippen molar-refractivity contribution in [1.82, 2.24) is 14.2 Å².